The van der Waals surface area contributed by atoms with Gasteiger partial charge in [0.15, 0.2) is 5.78 Å². The van der Waals surface area contributed by atoms with Crippen molar-refractivity contribution in [3.05, 3.63) is 88.5 Å². The van der Waals surface area contributed by atoms with E-state index in [1.165, 1.54) is 7.11 Å². The van der Waals surface area contributed by atoms with E-state index in [-0.39, 0.29) is 47.1 Å². The van der Waals surface area contributed by atoms with Gasteiger partial charge in [0.05, 0.1) is 31.9 Å². The molecule has 1 aromatic heterocycles. The van der Waals surface area contributed by atoms with E-state index in [1.807, 2.05) is 19.1 Å². The number of aryl methyl sites for hydroxylation is 1. The maximum atomic E-state index is 13.6. The summed E-state index contributed by atoms with van der Waals surface area (Å²) in [6, 6.07) is 17.0. The molecule has 0 N–H and O–H groups in total. The van der Waals surface area contributed by atoms with Gasteiger partial charge in [0.25, 0.3) is 0 Å². The Balaban J connectivity index is 0.00000342. The SMILES string of the molecule is COc1ccc(C(=O)C(Cc2ccc(OC)c(C)c2)=C(C(=O)[O-])c2ccc3nsnc3c2)cc1.[Na+]. The summed E-state index contributed by atoms with van der Waals surface area (Å²) in [5.74, 6) is -0.553. The first kappa shape index (κ1) is 26.6. The third-order valence-electron chi connectivity index (χ3n) is 5.51. The van der Waals surface area contributed by atoms with E-state index in [2.05, 4.69) is 8.75 Å². The number of ketones is 1. The van der Waals surface area contributed by atoms with Crippen molar-refractivity contribution in [2.24, 2.45) is 0 Å². The number of rotatable bonds is 8. The average Bonchev–Trinajstić information content (AvgIpc) is 3.31. The van der Waals surface area contributed by atoms with E-state index >= 15 is 0 Å². The molecule has 9 heteroatoms. The normalized spacial score (nSPS) is 11.4. The first-order valence-corrected chi connectivity index (χ1v) is 11.1. The zero-order valence-corrected chi connectivity index (χ0v) is 22.6. The minimum atomic E-state index is -1.44. The molecule has 0 radical (unpaired) electrons. The van der Waals surface area contributed by atoms with Gasteiger partial charge in [-0.3, -0.25) is 4.79 Å². The van der Waals surface area contributed by atoms with Gasteiger partial charge in [-0.15, -0.1) is 0 Å². The molecule has 4 rings (SSSR count). The second kappa shape index (κ2) is 11.6. The first-order valence-electron chi connectivity index (χ1n) is 10.4. The molecule has 7 nitrogen and oxygen atoms in total. The van der Waals surface area contributed by atoms with E-state index in [9.17, 15) is 14.7 Å². The molecule has 3 aromatic carbocycles. The number of Topliss-reactive ketones (excluding diaryl/α,β-unsaturated/α-hetero) is 1. The van der Waals surface area contributed by atoms with Crippen LogP contribution in [0, 0.1) is 6.92 Å². The van der Waals surface area contributed by atoms with Gasteiger partial charge >= 0.3 is 29.6 Å². The van der Waals surface area contributed by atoms with Gasteiger partial charge in [-0.25, -0.2) is 0 Å². The Kier molecular flexibility index (Phi) is 8.80. The summed E-state index contributed by atoms with van der Waals surface area (Å²) < 4.78 is 18.9. The molecule has 0 aliphatic carbocycles. The molecule has 1 heterocycles. The number of carboxylic acid groups (broad SMARTS) is 1. The molecule has 4 aromatic rings. The van der Waals surface area contributed by atoms with E-state index in [0.717, 1.165) is 22.9 Å². The third kappa shape index (κ3) is 5.79. The number of hydrogen-bond donors (Lipinski definition) is 0. The summed E-state index contributed by atoms with van der Waals surface area (Å²) in [6.07, 6.45) is 0.0896. The van der Waals surface area contributed by atoms with Crippen LogP contribution in [0.4, 0.5) is 0 Å². The molecule has 0 amide bonds. The summed E-state index contributed by atoms with van der Waals surface area (Å²) in [5.41, 5.74) is 3.46. The quantitative estimate of drug-likeness (QED) is 0.201. The van der Waals surface area contributed by atoms with E-state index in [0.29, 0.717) is 33.7 Å². The zero-order valence-electron chi connectivity index (χ0n) is 19.8. The Labute approximate surface area is 229 Å². The number of benzene rings is 3. The van der Waals surface area contributed by atoms with Crippen molar-refractivity contribution in [2.45, 2.75) is 13.3 Å². The summed E-state index contributed by atoms with van der Waals surface area (Å²) in [5, 5.41) is 12.4. The number of fused-ring (bicyclic) bond motifs is 1. The Hall–Kier alpha value is -3.04. The molecule has 0 spiro atoms. The van der Waals surface area contributed by atoms with Crippen LogP contribution in [0.2, 0.25) is 0 Å². The first-order chi connectivity index (χ1) is 16.4. The van der Waals surface area contributed by atoms with Crippen molar-refractivity contribution in [2.75, 3.05) is 14.2 Å². The van der Waals surface area contributed by atoms with Crippen LogP contribution in [-0.4, -0.2) is 34.7 Å². The number of allylic oxidation sites excluding steroid dienone is 1. The predicted octanol–water partition coefficient (Wildman–Crippen LogP) is 0.650. The molecule has 0 unspecified atom stereocenters. The van der Waals surface area contributed by atoms with E-state index in [4.69, 9.17) is 9.47 Å². The van der Waals surface area contributed by atoms with Crippen molar-refractivity contribution >= 4 is 40.1 Å². The number of methoxy groups -OCH3 is 2. The number of aliphatic carboxylic acids is 1. The Bertz CT molecular complexity index is 1410. The van der Waals surface area contributed by atoms with Crippen molar-refractivity contribution in [1.29, 1.82) is 0 Å². The summed E-state index contributed by atoms with van der Waals surface area (Å²) in [6.45, 7) is 1.89. The van der Waals surface area contributed by atoms with Crippen molar-refractivity contribution in [1.82, 2.24) is 8.75 Å². The largest absolute Gasteiger partial charge is 1.00 e. The van der Waals surface area contributed by atoms with Crippen molar-refractivity contribution in [3.63, 3.8) is 0 Å². The molecule has 0 saturated carbocycles. The van der Waals surface area contributed by atoms with Crippen molar-refractivity contribution < 1.29 is 53.7 Å². The van der Waals surface area contributed by atoms with Crippen LogP contribution in [0.3, 0.4) is 0 Å². The second-order valence-corrected chi connectivity index (χ2v) is 8.18. The fraction of sp³-hybridized carbons (Fsp3) is 0.154. The van der Waals surface area contributed by atoms with Crippen LogP contribution in [0.1, 0.15) is 27.0 Å². The smallest absolute Gasteiger partial charge is 0.545 e. The summed E-state index contributed by atoms with van der Waals surface area (Å²) in [7, 11) is 3.12. The Morgan fingerprint density at radius 3 is 2.20 bits per heavy atom. The molecule has 172 valence electrons. The monoisotopic (exact) mass is 496 g/mol. The number of aromatic nitrogens is 2. The summed E-state index contributed by atoms with van der Waals surface area (Å²) >= 11 is 1.03. The molecular formula is C26H21N2NaO5S. The van der Waals surface area contributed by atoms with Crippen LogP contribution < -0.4 is 44.1 Å². The number of hydrogen-bond acceptors (Lipinski definition) is 8. The summed E-state index contributed by atoms with van der Waals surface area (Å²) in [4.78, 5) is 26.1. The van der Waals surface area contributed by atoms with Gasteiger partial charge in [-0.1, -0.05) is 18.2 Å². The van der Waals surface area contributed by atoms with Gasteiger partial charge < -0.3 is 19.4 Å². The number of nitrogens with zero attached hydrogens (tertiary/aromatic N) is 2. The standard InChI is InChI=1S/C26H22N2O5S.Na/c1-15-12-16(4-11-23(15)33-3)13-20(25(29)17-5-8-19(32-2)9-6-17)24(26(30)31)18-7-10-21-22(14-18)28-34-27-21;/h4-12,14H,13H2,1-3H3,(H,30,31);/q;+1/p-1. The van der Waals surface area contributed by atoms with Crippen molar-refractivity contribution in [3.8, 4) is 11.5 Å². The molecule has 0 saturated heterocycles. The maximum absolute atomic E-state index is 13.6. The molecule has 0 aliphatic heterocycles. The van der Waals surface area contributed by atoms with E-state index < -0.39 is 11.8 Å². The number of ether oxygens (including phenoxy) is 2. The van der Waals surface area contributed by atoms with Gasteiger partial charge in [0, 0.05) is 23.1 Å². The minimum absolute atomic E-state index is 0. The molecule has 0 aliphatic rings. The fourth-order valence-electron chi connectivity index (χ4n) is 3.81. The van der Waals surface area contributed by atoms with E-state index in [1.54, 1.807) is 55.6 Å². The van der Waals surface area contributed by atoms with Crippen LogP contribution >= 0.6 is 11.7 Å². The Morgan fingerprint density at radius 2 is 1.57 bits per heavy atom. The molecule has 35 heavy (non-hydrogen) atoms. The topological polar surface area (TPSA) is 101 Å². The van der Waals surface area contributed by atoms with Gasteiger partial charge in [-0.2, -0.15) is 8.75 Å². The second-order valence-electron chi connectivity index (χ2n) is 7.65. The maximum Gasteiger partial charge on any atom is 1.00 e. The predicted molar refractivity (Wildman–Crippen MR) is 128 cm³/mol. The van der Waals surface area contributed by atoms with Crippen LogP contribution in [-0.2, 0) is 11.2 Å². The van der Waals surface area contributed by atoms with Crippen LogP contribution in [0.5, 0.6) is 11.5 Å². The number of carboxylic acids is 1. The third-order valence-corrected chi connectivity index (χ3v) is 6.07. The number of carbonyl (C=O) groups is 2. The van der Waals surface area contributed by atoms with Crippen LogP contribution in [0.25, 0.3) is 16.6 Å². The molecule has 0 atom stereocenters. The van der Waals surface area contributed by atoms with Gasteiger partial charge in [0.2, 0.25) is 0 Å². The van der Waals surface area contributed by atoms with Crippen LogP contribution in [0.15, 0.2) is 66.2 Å². The number of carbonyl (C=O) groups excluding carboxylic acids is 2. The fourth-order valence-corrected chi connectivity index (χ4v) is 4.32. The minimum Gasteiger partial charge on any atom is -0.545 e. The zero-order chi connectivity index (χ0) is 24.2. The molecule has 0 bridgehead atoms. The Morgan fingerprint density at radius 1 is 0.886 bits per heavy atom. The average molecular weight is 497 g/mol. The van der Waals surface area contributed by atoms with Gasteiger partial charge in [0.1, 0.15) is 22.5 Å². The van der Waals surface area contributed by atoms with Gasteiger partial charge in [-0.05, 0) is 66.1 Å². The molecular weight excluding hydrogens is 475 g/mol. The molecule has 0 fully saturated rings.